The van der Waals surface area contributed by atoms with E-state index < -0.39 is 24.6 Å². The van der Waals surface area contributed by atoms with Crippen LogP contribution in [-0.4, -0.2) is 34.9 Å². The fourth-order valence-corrected chi connectivity index (χ4v) is 0.285. The Morgan fingerprint density at radius 3 is 2.40 bits per heavy atom. The smallest absolute Gasteiger partial charge is 0.344 e. The number of hydrogen-bond acceptors (Lipinski definition) is 4. The van der Waals surface area contributed by atoms with Crippen LogP contribution in [0.15, 0.2) is 0 Å². The molecule has 0 aromatic carbocycles. The van der Waals surface area contributed by atoms with Crippen molar-refractivity contribution in [2.24, 2.45) is 0 Å². The van der Waals surface area contributed by atoms with Crippen molar-refractivity contribution in [3.63, 3.8) is 0 Å². The van der Waals surface area contributed by atoms with Gasteiger partial charge in [-0.3, -0.25) is 0 Å². The molecule has 0 rings (SSSR count). The summed E-state index contributed by atoms with van der Waals surface area (Å²) in [4.78, 5) is 20.2. The lowest BCUT2D eigenvalue weighted by atomic mass is 10.4. The minimum atomic E-state index is -1.23. The molecule has 0 amide bonds. The first-order valence-corrected chi connectivity index (χ1v) is 2.61. The minimum Gasteiger partial charge on any atom is -0.479 e. The van der Waals surface area contributed by atoms with Crippen molar-refractivity contribution in [2.75, 3.05) is 6.61 Å². The van der Waals surface area contributed by atoms with Crippen LogP contribution in [0.1, 0.15) is 6.92 Å². The fourth-order valence-electron chi connectivity index (χ4n) is 0.285. The van der Waals surface area contributed by atoms with E-state index in [0.29, 0.717) is 0 Å². The minimum absolute atomic E-state index is 0.794. The molecule has 0 spiro atoms. The van der Waals surface area contributed by atoms with Gasteiger partial charge in [0.1, 0.15) is 6.61 Å². The van der Waals surface area contributed by atoms with Gasteiger partial charge in [-0.1, -0.05) is 0 Å². The van der Waals surface area contributed by atoms with Crippen molar-refractivity contribution < 1.29 is 24.5 Å². The van der Waals surface area contributed by atoms with Gasteiger partial charge in [-0.2, -0.15) is 0 Å². The summed E-state index contributed by atoms with van der Waals surface area (Å²) in [5.41, 5.74) is 0. The highest BCUT2D eigenvalue weighted by molar-refractivity contribution is 5.77. The van der Waals surface area contributed by atoms with Gasteiger partial charge in [0, 0.05) is 0 Å². The molecule has 5 heteroatoms. The summed E-state index contributed by atoms with van der Waals surface area (Å²) in [6, 6.07) is 0. The van der Waals surface area contributed by atoms with Crippen molar-refractivity contribution in [1.82, 2.24) is 0 Å². The molecule has 58 valence electrons. The Morgan fingerprint density at radius 1 is 1.60 bits per heavy atom. The molecular formula is C5H8O5. The van der Waals surface area contributed by atoms with E-state index in [1.54, 1.807) is 0 Å². The number of carboxylic acids is 1. The highest BCUT2D eigenvalue weighted by Gasteiger charge is 2.14. The maximum absolute atomic E-state index is 10.2. The standard InChI is InChI=1S/C5H8O5/c1-3(5(8)9)10-4(7)2-6/h3,6H,2H2,1H3,(H,8,9)/t3-/m1/s1. The molecule has 0 heterocycles. The Kier molecular flexibility index (Phi) is 3.42. The lowest BCUT2D eigenvalue weighted by Gasteiger charge is -2.05. The van der Waals surface area contributed by atoms with Crippen LogP contribution in [0.3, 0.4) is 0 Å². The van der Waals surface area contributed by atoms with E-state index in [4.69, 9.17) is 10.2 Å². The largest absolute Gasteiger partial charge is 0.479 e. The maximum atomic E-state index is 10.2. The molecule has 0 aromatic heterocycles. The molecule has 0 unspecified atom stereocenters. The van der Waals surface area contributed by atoms with E-state index in [9.17, 15) is 9.59 Å². The highest BCUT2D eigenvalue weighted by Crippen LogP contribution is 1.89. The van der Waals surface area contributed by atoms with Crippen molar-refractivity contribution in [3.05, 3.63) is 0 Å². The van der Waals surface area contributed by atoms with Crippen LogP contribution in [0.5, 0.6) is 0 Å². The molecule has 0 radical (unpaired) electrons. The van der Waals surface area contributed by atoms with Gasteiger partial charge < -0.3 is 14.9 Å². The van der Waals surface area contributed by atoms with E-state index in [-0.39, 0.29) is 0 Å². The molecule has 0 aliphatic heterocycles. The lowest BCUT2D eigenvalue weighted by molar-refractivity contribution is -0.164. The van der Waals surface area contributed by atoms with Crippen LogP contribution in [0.2, 0.25) is 0 Å². The SMILES string of the molecule is C[C@@H](OC(=O)CO)C(=O)O. The van der Waals surface area contributed by atoms with Gasteiger partial charge in [-0.15, -0.1) is 0 Å². The average molecular weight is 148 g/mol. The number of ether oxygens (including phenoxy) is 1. The Balaban J connectivity index is 3.68. The summed E-state index contributed by atoms with van der Waals surface area (Å²) in [5.74, 6) is -2.17. The Hall–Kier alpha value is -1.10. The third kappa shape index (κ3) is 3.03. The lowest BCUT2D eigenvalue weighted by Crippen LogP contribution is -2.24. The highest BCUT2D eigenvalue weighted by atomic mass is 16.6. The number of aliphatic carboxylic acids is 1. The van der Waals surface area contributed by atoms with E-state index in [2.05, 4.69) is 4.74 Å². The summed E-state index contributed by atoms with van der Waals surface area (Å²) >= 11 is 0. The number of aliphatic hydroxyl groups excluding tert-OH is 1. The normalized spacial score (nSPS) is 12.2. The van der Waals surface area contributed by atoms with E-state index in [1.807, 2.05) is 0 Å². The van der Waals surface area contributed by atoms with Crippen molar-refractivity contribution in [3.8, 4) is 0 Å². The van der Waals surface area contributed by atoms with Crippen molar-refractivity contribution in [2.45, 2.75) is 13.0 Å². The summed E-state index contributed by atoms with van der Waals surface area (Å²) in [5, 5.41) is 16.3. The van der Waals surface area contributed by atoms with E-state index in [1.165, 1.54) is 6.92 Å². The fraction of sp³-hybridized carbons (Fsp3) is 0.600. The van der Waals surface area contributed by atoms with Crippen LogP contribution in [0.4, 0.5) is 0 Å². The van der Waals surface area contributed by atoms with Crippen LogP contribution in [0, 0.1) is 0 Å². The Bertz CT molecular complexity index is 141. The predicted octanol–water partition coefficient (Wildman–Crippen LogP) is -1.01. The summed E-state index contributed by atoms with van der Waals surface area (Å²) in [6.07, 6.45) is -1.19. The average Bonchev–Trinajstić information content (AvgIpc) is 1.87. The second-order valence-electron chi connectivity index (χ2n) is 1.63. The summed E-state index contributed by atoms with van der Waals surface area (Å²) in [7, 11) is 0. The van der Waals surface area contributed by atoms with Gasteiger partial charge in [-0.05, 0) is 6.92 Å². The second-order valence-corrected chi connectivity index (χ2v) is 1.63. The first-order valence-electron chi connectivity index (χ1n) is 2.61. The van der Waals surface area contributed by atoms with Crippen LogP contribution >= 0.6 is 0 Å². The van der Waals surface area contributed by atoms with Crippen LogP contribution in [0.25, 0.3) is 0 Å². The molecule has 1 atom stereocenters. The number of aliphatic hydroxyl groups is 1. The van der Waals surface area contributed by atoms with Crippen LogP contribution < -0.4 is 0 Å². The zero-order valence-corrected chi connectivity index (χ0v) is 5.40. The molecule has 0 aliphatic carbocycles. The molecule has 5 nitrogen and oxygen atoms in total. The maximum Gasteiger partial charge on any atom is 0.344 e. The van der Waals surface area contributed by atoms with Crippen LogP contribution in [-0.2, 0) is 14.3 Å². The zero-order valence-electron chi connectivity index (χ0n) is 5.40. The summed E-state index contributed by atoms with van der Waals surface area (Å²) < 4.78 is 4.17. The number of esters is 1. The predicted molar refractivity (Wildman–Crippen MR) is 30.3 cm³/mol. The molecule has 0 aromatic rings. The van der Waals surface area contributed by atoms with Crippen molar-refractivity contribution >= 4 is 11.9 Å². The number of hydrogen-bond donors (Lipinski definition) is 2. The van der Waals surface area contributed by atoms with Gasteiger partial charge in [0.2, 0.25) is 0 Å². The Morgan fingerprint density at radius 2 is 2.10 bits per heavy atom. The number of carbonyl (C=O) groups is 2. The topological polar surface area (TPSA) is 83.8 Å². The van der Waals surface area contributed by atoms with Gasteiger partial charge >= 0.3 is 11.9 Å². The summed E-state index contributed by atoms with van der Waals surface area (Å²) in [6.45, 7) is 0.410. The number of carboxylic acid groups (broad SMARTS) is 1. The third-order valence-electron chi connectivity index (χ3n) is 0.785. The van der Waals surface area contributed by atoms with Gasteiger partial charge in [0.05, 0.1) is 0 Å². The zero-order chi connectivity index (χ0) is 8.15. The molecule has 10 heavy (non-hydrogen) atoms. The second kappa shape index (κ2) is 3.84. The Labute approximate surface area is 57.2 Å². The van der Waals surface area contributed by atoms with Gasteiger partial charge in [0.25, 0.3) is 0 Å². The number of rotatable bonds is 3. The molecular weight excluding hydrogens is 140 g/mol. The molecule has 0 saturated carbocycles. The third-order valence-corrected chi connectivity index (χ3v) is 0.785. The molecule has 0 saturated heterocycles. The van der Waals surface area contributed by atoms with E-state index >= 15 is 0 Å². The first kappa shape index (κ1) is 8.90. The molecule has 2 N–H and O–H groups in total. The van der Waals surface area contributed by atoms with Gasteiger partial charge in [-0.25, -0.2) is 9.59 Å². The van der Waals surface area contributed by atoms with E-state index in [0.717, 1.165) is 0 Å². The molecule has 0 fully saturated rings. The van der Waals surface area contributed by atoms with Crippen molar-refractivity contribution in [1.29, 1.82) is 0 Å². The number of carbonyl (C=O) groups excluding carboxylic acids is 1. The molecule has 0 aliphatic rings. The molecule has 0 bridgehead atoms. The monoisotopic (exact) mass is 148 g/mol. The quantitative estimate of drug-likeness (QED) is 0.501. The van der Waals surface area contributed by atoms with Gasteiger partial charge in [0.15, 0.2) is 6.10 Å². The first-order chi connectivity index (χ1) is 4.57.